The third kappa shape index (κ3) is 3.11. The highest BCUT2D eigenvalue weighted by atomic mass is 35.5. The van der Waals surface area contributed by atoms with Gasteiger partial charge < -0.3 is 5.11 Å². The zero-order chi connectivity index (χ0) is 21.5. The summed E-state index contributed by atoms with van der Waals surface area (Å²) < 4.78 is 56.3. The Morgan fingerprint density at radius 3 is 1.93 bits per heavy atom. The molecular weight excluding hydrogens is 420 g/mol. The lowest BCUT2D eigenvalue weighted by Gasteiger charge is -2.10. The SMILES string of the molecule is O=C(Cl)c1c(F)c(O)c(C(=O)c2c(F)ccc([N+](=O)[O-])c2F)c([N+](=O)[O-])c1F. The van der Waals surface area contributed by atoms with Crippen molar-refractivity contribution in [2.75, 3.05) is 0 Å². The minimum Gasteiger partial charge on any atom is -0.504 e. The summed E-state index contributed by atoms with van der Waals surface area (Å²) >= 11 is 4.88. The van der Waals surface area contributed by atoms with Gasteiger partial charge in [-0.3, -0.25) is 29.8 Å². The number of rotatable bonds is 5. The van der Waals surface area contributed by atoms with E-state index in [1.807, 2.05) is 0 Å². The van der Waals surface area contributed by atoms with Crippen LogP contribution in [0, 0.1) is 43.5 Å². The Labute approximate surface area is 155 Å². The summed E-state index contributed by atoms with van der Waals surface area (Å²) in [7, 11) is 0. The second-order valence-corrected chi connectivity index (χ2v) is 5.29. The lowest BCUT2D eigenvalue weighted by atomic mass is 9.96. The van der Waals surface area contributed by atoms with E-state index in [9.17, 15) is 52.5 Å². The summed E-state index contributed by atoms with van der Waals surface area (Å²) in [5.74, 6) is -12.6. The highest BCUT2D eigenvalue weighted by molar-refractivity contribution is 6.67. The highest BCUT2D eigenvalue weighted by Crippen LogP contribution is 2.39. The number of hydrogen-bond donors (Lipinski definition) is 1. The van der Waals surface area contributed by atoms with Gasteiger partial charge in [0.15, 0.2) is 11.6 Å². The summed E-state index contributed by atoms with van der Waals surface area (Å²) in [5.41, 5.74) is -8.91. The van der Waals surface area contributed by atoms with Gasteiger partial charge in [0, 0.05) is 6.07 Å². The number of nitro groups is 2. The summed E-state index contributed by atoms with van der Waals surface area (Å²) in [6, 6.07) is 0.576. The number of carbonyl (C=O) groups excluding carboxylic acids is 2. The first-order valence-corrected chi connectivity index (χ1v) is 7.04. The lowest BCUT2D eigenvalue weighted by molar-refractivity contribution is -0.388. The Morgan fingerprint density at radius 1 is 0.893 bits per heavy atom. The first kappa shape index (κ1) is 20.7. The first-order chi connectivity index (χ1) is 12.9. The molecule has 0 fully saturated rings. The minimum atomic E-state index is -2.30. The van der Waals surface area contributed by atoms with E-state index in [4.69, 9.17) is 11.6 Å². The molecule has 0 spiro atoms. The van der Waals surface area contributed by atoms with Gasteiger partial charge in [-0.1, -0.05) is 0 Å². The first-order valence-electron chi connectivity index (χ1n) is 6.66. The molecule has 9 nitrogen and oxygen atoms in total. The predicted molar refractivity (Wildman–Crippen MR) is 81.3 cm³/mol. The number of aromatic hydroxyl groups is 1. The minimum absolute atomic E-state index is 0.251. The molecule has 14 heteroatoms. The van der Waals surface area contributed by atoms with Crippen LogP contribution in [0.4, 0.5) is 28.9 Å². The molecule has 0 radical (unpaired) electrons. The van der Waals surface area contributed by atoms with E-state index in [1.54, 1.807) is 0 Å². The van der Waals surface area contributed by atoms with Crippen LogP contribution < -0.4 is 0 Å². The van der Waals surface area contributed by atoms with E-state index in [1.165, 1.54) is 0 Å². The van der Waals surface area contributed by atoms with Crippen LogP contribution in [0.2, 0.25) is 0 Å². The lowest BCUT2D eigenvalue weighted by Crippen LogP contribution is -2.15. The van der Waals surface area contributed by atoms with Crippen LogP contribution in [0.1, 0.15) is 26.3 Å². The zero-order valence-electron chi connectivity index (χ0n) is 12.8. The number of halogens is 5. The van der Waals surface area contributed by atoms with Gasteiger partial charge in [0.05, 0.1) is 9.85 Å². The van der Waals surface area contributed by atoms with Gasteiger partial charge in [-0.15, -0.1) is 0 Å². The smallest absolute Gasteiger partial charge is 0.320 e. The van der Waals surface area contributed by atoms with Gasteiger partial charge >= 0.3 is 11.4 Å². The van der Waals surface area contributed by atoms with Gasteiger partial charge in [-0.25, -0.2) is 8.78 Å². The molecule has 0 saturated heterocycles. The number of benzene rings is 2. The molecule has 0 amide bonds. The Hall–Kier alpha value is -3.61. The number of hydrogen-bond acceptors (Lipinski definition) is 7. The molecule has 0 bridgehead atoms. The molecule has 0 heterocycles. The Kier molecular flexibility index (Phi) is 5.31. The topological polar surface area (TPSA) is 141 Å². The number of phenolic OH excluding ortho intramolecular Hbond substituents is 1. The van der Waals surface area contributed by atoms with Gasteiger partial charge in [0.1, 0.15) is 22.5 Å². The van der Waals surface area contributed by atoms with Crippen LogP contribution in [0.25, 0.3) is 0 Å². The molecule has 0 atom stereocenters. The fourth-order valence-corrected chi connectivity index (χ4v) is 2.41. The van der Waals surface area contributed by atoms with Crippen LogP contribution in [0.5, 0.6) is 5.75 Å². The summed E-state index contributed by atoms with van der Waals surface area (Å²) in [5, 5.41) is 29.6. The van der Waals surface area contributed by atoms with Crippen molar-refractivity contribution in [3.05, 3.63) is 72.3 Å². The van der Waals surface area contributed by atoms with Crippen molar-refractivity contribution < 1.29 is 42.1 Å². The van der Waals surface area contributed by atoms with Crippen LogP contribution in [0.15, 0.2) is 12.1 Å². The van der Waals surface area contributed by atoms with Crippen molar-refractivity contribution >= 4 is 34.0 Å². The Balaban J connectivity index is 2.96. The van der Waals surface area contributed by atoms with Gasteiger partial charge in [-0.2, -0.15) is 8.78 Å². The van der Waals surface area contributed by atoms with Crippen molar-refractivity contribution in [3.63, 3.8) is 0 Å². The average Bonchev–Trinajstić information content (AvgIpc) is 2.56. The monoisotopic (exact) mass is 422 g/mol. The van der Waals surface area contributed by atoms with Gasteiger partial charge in [0.25, 0.3) is 5.24 Å². The standard InChI is InChI=1S/C14H3ClF4N2O7/c15-14(24)6-9(18)11(21(27)28)7(13(23)10(6)19)12(22)5-3(16)1-2-4(8(5)17)20(25)26/h1-2,23H. The second kappa shape index (κ2) is 7.19. The predicted octanol–water partition coefficient (Wildman–Crippen LogP) is 3.38. The van der Waals surface area contributed by atoms with Crippen LogP contribution in [-0.4, -0.2) is 26.0 Å². The quantitative estimate of drug-likeness (QED) is 0.256. The Bertz CT molecular complexity index is 1090. The number of nitro benzene ring substituents is 2. The normalized spacial score (nSPS) is 10.6. The second-order valence-electron chi connectivity index (χ2n) is 4.95. The van der Waals surface area contributed by atoms with Crippen LogP contribution in [-0.2, 0) is 0 Å². The molecule has 0 saturated carbocycles. The summed E-state index contributed by atoms with van der Waals surface area (Å²) in [6.07, 6.45) is 0. The largest absolute Gasteiger partial charge is 0.504 e. The molecule has 0 unspecified atom stereocenters. The molecule has 2 aromatic carbocycles. The number of ketones is 1. The van der Waals surface area contributed by atoms with E-state index >= 15 is 0 Å². The van der Waals surface area contributed by atoms with Gasteiger partial charge in [-0.05, 0) is 17.7 Å². The molecular formula is C14H3ClF4N2O7. The maximum atomic E-state index is 14.2. The van der Waals surface area contributed by atoms with Crippen LogP contribution in [0.3, 0.4) is 0 Å². The number of nitrogens with zero attached hydrogens (tertiary/aromatic N) is 2. The van der Waals surface area contributed by atoms with Crippen molar-refractivity contribution in [1.29, 1.82) is 0 Å². The molecule has 28 heavy (non-hydrogen) atoms. The van der Waals surface area contributed by atoms with E-state index in [2.05, 4.69) is 0 Å². The molecule has 146 valence electrons. The van der Waals surface area contributed by atoms with E-state index in [0.29, 0.717) is 6.07 Å². The average molecular weight is 423 g/mol. The van der Waals surface area contributed by atoms with E-state index < -0.39 is 78.0 Å². The molecule has 2 rings (SSSR count). The van der Waals surface area contributed by atoms with Crippen molar-refractivity contribution in [2.24, 2.45) is 0 Å². The maximum absolute atomic E-state index is 14.2. The van der Waals surface area contributed by atoms with E-state index in [0.717, 1.165) is 0 Å². The third-order valence-corrected chi connectivity index (χ3v) is 3.62. The molecule has 0 aromatic heterocycles. The fraction of sp³-hybridized carbons (Fsp3) is 0. The van der Waals surface area contributed by atoms with Crippen molar-refractivity contribution in [2.45, 2.75) is 0 Å². The zero-order valence-corrected chi connectivity index (χ0v) is 13.6. The fourth-order valence-electron chi connectivity index (χ4n) is 2.24. The molecule has 0 aliphatic rings. The Morgan fingerprint density at radius 2 is 1.46 bits per heavy atom. The highest BCUT2D eigenvalue weighted by Gasteiger charge is 2.40. The molecule has 0 aliphatic heterocycles. The van der Waals surface area contributed by atoms with Crippen LogP contribution >= 0.6 is 11.6 Å². The van der Waals surface area contributed by atoms with E-state index in [-0.39, 0.29) is 6.07 Å². The molecule has 2 aromatic rings. The van der Waals surface area contributed by atoms with Crippen molar-refractivity contribution in [3.8, 4) is 5.75 Å². The summed E-state index contributed by atoms with van der Waals surface area (Å²) in [4.78, 5) is 42.2. The van der Waals surface area contributed by atoms with Gasteiger partial charge in [0.2, 0.25) is 17.4 Å². The summed E-state index contributed by atoms with van der Waals surface area (Å²) in [6.45, 7) is 0. The number of carbonyl (C=O) groups is 2. The molecule has 0 aliphatic carbocycles. The molecule has 1 N–H and O–H groups in total. The maximum Gasteiger partial charge on any atom is 0.320 e. The van der Waals surface area contributed by atoms with Crippen molar-refractivity contribution in [1.82, 2.24) is 0 Å². The third-order valence-electron chi connectivity index (χ3n) is 3.43. The number of phenols is 1.